The van der Waals surface area contributed by atoms with E-state index < -0.39 is 0 Å². The molecular formula is C15H29NO. The highest BCUT2D eigenvalue weighted by Crippen LogP contribution is 2.41. The van der Waals surface area contributed by atoms with Crippen LogP contribution in [0, 0.1) is 17.3 Å². The van der Waals surface area contributed by atoms with Crippen LogP contribution in [0.5, 0.6) is 0 Å². The van der Waals surface area contributed by atoms with Crippen LogP contribution in [-0.2, 0) is 0 Å². The van der Waals surface area contributed by atoms with E-state index >= 15 is 0 Å². The lowest BCUT2D eigenvalue weighted by Gasteiger charge is -2.28. The first-order valence-corrected chi connectivity index (χ1v) is 7.38. The Morgan fingerprint density at radius 1 is 1.24 bits per heavy atom. The van der Waals surface area contributed by atoms with E-state index in [0.717, 1.165) is 25.3 Å². The predicted octanol–water partition coefficient (Wildman–Crippen LogP) is 2.95. The van der Waals surface area contributed by atoms with Gasteiger partial charge in [0.2, 0.25) is 0 Å². The van der Waals surface area contributed by atoms with Gasteiger partial charge in [0.1, 0.15) is 0 Å². The van der Waals surface area contributed by atoms with Gasteiger partial charge in [-0.25, -0.2) is 0 Å². The highest BCUT2D eigenvalue weighted by atomic mass is 16.3. The van der Waals surface area contributed by atoms with Crippen molar-refractivity contribution in [3.8, 4) is 0 Å². The minimum atomic E-state index is -0.0343. The highest BCUT2D eigenvalue weighted by Gasteiger charge is 2.36. The van der Waals surface area contributed by atoms with E-state index in [2.05, 4.69) is 26.1 Å². The second-order valence-electron chi connectivity index (χ2n) is 7.25. The minimum Gasteiger partial charge on any atom is -0.393 e. The van der Waals surface area contributed by atoms with Crippen molar-refractivity contribution in [2.75, 3.05) is 6.54 Å². The molecule has 0 bridgehead atoms. The Morgan fingerprint density at radius 3 is 2.59 bits per heavy atom. The highest BCUT2D eigenvalue weighted by molar-refractivity contribution is 4.91. The Balaban J connectivity index is 1.75. The van der Waals surface area contributed by atoms with E-state index in [1.807, 2.05) is 0 Å². The van der Waals surface area contributed by atoms with Gasteiger partial charge >= 0.3 is 0 Å². The molecule has 0 spiro atoms. The molecule has 0 amide bonds. The van der Waals surface area contributed by atoms with Gasteiger partial charge in [0.05, 0.1) is 6.10 Å². The molecule has 0 heterocycles. The minimum absolute atomic E-state index is 0.0343. The third-order valence-electron chi connectivity index (χ3n) is 4.76. The maximum Gasteiger partial charge on any atom is 0.0543 e. The normalized spacial score (nSPS) is 41.6. The topological polar surface area (TPSA) is 32.3 Å². The van der Waals surface area contributed by atoms with Crippen molar-refractivity contribution in [1.82, 2.24) is 5.32 Å². The van der Waals surface area contributed by atoms with E-state index in [4.69, 9.17) is 0 Å². The van der Waals surface area contributed by atoms with E-state index in [1.165, 1.54) is 25.7 Å². The number of rotatable bonds is 3. The van der Waals surface area contributed by atoms with Crippen LogP contribution in [0.2, 0.25) is 0 Å². The van der Waals surface area contributed by atoms with Gasteiger partial charge in [0.15, 0.2) is 0 Å². The van der Waals surface area contributed by atoms with Gasteiger partial charge < -0.3 is 10.4 Å². The summed E-state index contributed by atoms with van der Waals surface area (Å²) in [4.78, 5) is 0. The molecule has 2 heteroatoms. The summed E-state index contributed by atoms with van der Waals surface area (Å²) in [7, 11) is 0. The lowest BCUT2D eigenvalue weighted by Crippen LogP contribution is -2.37. The standard InChI is InChI=1S/C15H29NO/c1-11-8-15(2,3)9-14(11)16-10-12-5-4-6-13(17)7-12/h11-14,16-17H,4-10H2,1-3H3. The molecule has 4 atom stereocenters. The van der Waals surface area contributed by atoms with Gasteiger partial charge in [-0.2, -0.15) is 0 Å². The Bertz CT molecular complexity index is 251. The van der Waals surface area contributed by atoms with Crippen LogP contribution in [0.1, 0.15) is 59.3 Å². The van der Waals surface area contributed by atoms with E-state index in [-0.39, 0.29) is 6.10 Å². The molecule has 100 valence electrons. The third kappa shape index (κ3) is 3.69. The molecule has 0 saturated heterocycles. The van der Waals surface area contributed by atoms with Gasteiger partial charge in [-0.15, -0.1) is 0 Å². The Labute approximate surface area is 106 Å². The van der Waals surface area contributed by atoms with Crippen molar-refractivity contribution in [3.05, 3.63) is 0 Å². The second kappa shape index (κ2) is 5.27. The quantitative estimate of drug-likeness (QED) is 0.793. The van der Waals surface area contributed by atoms with Crippen LogP contribution in [-0.4, -0.2) is 23.8 Å². The maximum absolute atomic E-state index is 9.68. The van der Waals surface area contributed by atoms with Crippen LogP contribution in [0.15, 0.2) is 0 Å². The van der Waals surface area contributed by atoms with Gasteiger partial charge in [0, 0.05) is 6.04 Å². The van der Waals surface area contributed by atoms with Gasteiger partial charge in [-0.1, -0.05) is 27.2 Å². The zero-order valence-electron chi connectivity index (χ0n) is 11.7. The number of nitrogens with one attached hydrogen (secondary N) is 1. The average molecular weight is 239 g/mol. The SMILES string of the molecule is CC1CC(C)(C)CC1NCC1CCCC(O)C1. The van der Waals surface area contributed by atoms with Crippen LogP contribution < -0.4 is 5.32 Å². The first-order valence-electron chi connectivity index (χ1n) is 7.38. The lowest BCUT2D eigenvalue weighted by atomic mass is 9.87. The largest absolute Gasteiger partial charge is 0.393 e. The molecule has 0 aromatic heterocycles. The summed E-state index contributed by atoms with van der Waals surface area (Å²) in [6.45, 7) is 8.26. The number of aliphatic hydroxyl groups is 1. The molecule has 2 fully saturated rings. The molecule has 2 saturated carbocycles. The smallest absolute Gasteiger partial charge is 0.0543 e. The first-order chi connectivity index (χ1) is 7.96. The average Bonchev–Trinajstić information content (AvgIpc) is 2.49. The maximum atomic E-state index is 9.68. The summed E-state index contributed by atoms with van der Waals surface area (Å²) in [5.74, 6) is 1.51. The molecule has 0 radical (unpaired) electrons. The van der Waals surface area contributed by atoms with E-state index in [0.29, 0.717) is 17.4 Å². The molecule has 17 heavy (non-hydrogen) atoms. The molecule has 0 aliphatic heterocycles. The Kier molecular flexibility index (Phi) is 4.14. The Morgan fingerprint density at radius 2 is 2.00 bits per heavy atom. The van der Waals surface area contributed by atoms with Gasteiger partial charge in [-0.3, -0.25) is 0 Å². The molecule has 2 aliphatic carbocycles. The summed E-state index contributed by atoms with van der Waals surface area (Å²) >= 11 is 0. The molecule has 2 nitrogen and oxygen atoms in total. The Hall–Kier alpha value is -0.0800. The van der Waals surface area contributed by atoms with Gasteiger partial charge in [0.25, 0.3) is 0 Å². The monoisotopic (exact) mass is 239 g/mol. The molecular weight excluding hydrogens is 210 g/mol. The van der Waals surface area contributed by atoms with Crippen molar-refractivity contribution < 1.29 is 5.11 Å². The predicted molar refractivity (Wildman–Crippen MR) is 71.9 cm³/mol. The molecule has 2 N–H and O–H groups in total. The lowest BCUT2D eigenvalue weighted by molar-refractivity contribution is 0.0990. The zero-order valence-corrected chi connectivity index (χ0v) is 11.7. The summed E-state index contributed by atoms with van der Waals surface area (Å²) in [6, 6.07) is 0.698. The third-order valence-corrected chi connectivity index (χ3v) is 4.76. The van der Waals surface area contributed by atoms with Crippen molar-refractivity contribution >= 4 is 0 Å². The molecule has 0 aromatic carbocycles. The molecule has 2 aliphatic rings. The summed E-state index contributed by atoms with van der Waals surface area (Å²) in [5.41, 5.74) is 0.517. The molecule has 2 rings (SSSR count). The van der Waals surface area contributed by atoms with Gasteiger partial charge in [-0.05, 0) is 55.9 Å². The molecule has 4 unspecified atom stereocenters. The second-order valence-corrected chi connectivity index (χ2v) is 7.25. The summed E-state index contributed by atoms with van der Waals surface area (Å²) < 4.78 is 0. The van der Waals surface area contributed by atoms with Crippen LogP contribution in [0.4, 0.5) is 0 Å². The fourth-order valence-electron chi connectivity index (χ4n) is 3.93. The molecule has 0 aromatic rings. The van der Waals surface area contributed by atoms with Crippen molar-refractivity contribution in [2.24, 2.45) is 17.3 Å². The van der Waals surface area contributed by atoms with Crippen LogP contribution in [0.3, 0.4) is 0 Å². The number of aliphatic hydroxyl groups excluding tert-OH is 1. The number of hydrogen-bond acceptors (Lipinski definition) is 2. The number of hydrogen-bond donors (Lipinski definition) is 2. The van der Waals surface area contributed by atoms with E-state index in [9.17, 15) is 5.11 Å². The van der Waals surface area contributed by atoms with Crippen LogP contribution >= 0.6 is 0 Å². The summed E-state index contributed by atoms with van der Waals surface area (Å²) in [6.07, 6.45) is 7.16. The van der Waals surface area contributed by atoms with Crippen molar-refractivity contribution in [1.29, 1.82) is 0 Å². The first kappa shape index (κ1) is 13.4. The van der Waals surface area contributed by atoms with Crippen LogP contribution in [0.25, 0.3) is 0 Å². The fourth-order valence-corrected chi connectivity index (χ4v) is 3.93. The fraction of sp³-hybridized carbons (Fsp3) is 1.00. The zero-order chi connectivity index (χ0) is 12.5. The van der Waals surface area contributed by atoms with E-state index in [1.54, 1.807) is 0 Å². The van der Waals surface area contributed by atoms with Crippen molar-refractivity contribution in [2.45, 2.75) is 71.4 Å². The summed E-state index contributed by atoms with van der Waals surface area (Å²) in [5, 5.41) is 13.4. The van der Waals surface area contributed by atoms with Crippen molar-refractivity contribution in [3.63, 3.8) is 0 Å².